The van der Waals surface area contributed by atoms with Gasteiger partial charge in [0.2, 0.25) is 5.78 Å². The van der Waals surface area contributed by atoms with Crippen LogP contribution in [0.4, 0.5) is 0 Å². The van der Waals surface area contributed by atoms with Crippen molar-refractivity contribution in [1.82, 2.24) is 19.2 Å². The number of aliphatic hydroxyl groups is 1. The number of hydrogen-bond acceptors (Lipinski definition) is 5. The Morgan fingerprint density at radius 2 is 2.04 bits per heavy atom. The van der Waals surface area contributed by atoms with E-state index in [-0.39, 0.29) is 18.7 Å². The predicted octanol–water partition coefficient (Wildman–Crippen LogP) is 1.76. The number of hydrogen-bond donors (Lipinski definition) is 1. The summed E-state index contributed by atoms with van der Waals surface area (Å²) in [5.41, 5.74) is 1.58. The molecule has 0 fully saturated rings. The van der Waals surface area contributed by atoms with Crippen molar-refractivity contribution in [2.24, 2.45) is 0 Å². The van der Waals surface area contributed by atoms with E-state index < -0.39 is 6.10 Å². The summed E-state index contributed by atoms with van der Waals surface area (Å²) in [6.07, 6.45) is 0.580. The molecular formula is C18H22N4O3. The van der Waals surface area contributed by atoms with Crippen molar-refractivity contribution in [1.29, 1.82) is 0 Å². The maximum Gasteiger partial charge on any atom is 0.275 e. The summed E-state index contributed by atoms with van der Waals surface area (Å²) >= 11 is 0. The Morgan fingerprint density at radius 1 is 1.28 bits per heavy atom. The smallest absolute Gasteiger partial charge is 0.275 e. The Morgan fingerprint density at radius 3 is 2.80 bits per heavy atom. The lowest BCUT2D eigenvalue weighted by Gasteiger charge is -2.18. The van der Waals surface area contributed by atoms with Gasteiger partial charge in [-0.3, -0.25) is 4.79 Å². The minimum absolute atomic E-state index is 0.148. The predicted molar refractivity (Wildman–Crippen MR) is 94.0 cm³/mol. The third-order valence-corrected chi connectivity index (χ3v) is 4.10. The van der Waals surface area contributed by atoms with Gasteiger partial charge in [0.05, 0.1) is 6.54 Å². The number of rotatable bonds is 6. The van der Waals surface area contributed by atoms with Crippen LogP contribution in [0.15, 0.2) is 41.5 Å². The first-order valence-corrected chi connectivity index (χ1v) is 8.27. The van der Waals surface area contributed by atoms with Crippen molar-refractivity contribution in [2.45, 2.75) is 39.3 Å². The van der Waals surface area contributed by atoms with Crippen LogP contribution in [0.5, 0.6) is 5.75 Å². The topological polar surface area (TPSA) is 81.7 Å². The lowest BCUT2D eigenvalue weighted by molar-refractivity contribution is 0.0919. The number of fused-ring (bicyclic) bond motifs is 1. The standard InChI is InChI=1S/C18H22N4O3/c1-12(2)15-6-4-5-7-16(15)25-10-14(23)9-21-13(3)8-17(24)22-18(21)19-11-20-22/h4-8,11-12,14,23H,9-10H2,1-3H3. The minimum atomic E-state index is -0.748. The summed E-state index contributed by atoms with van der Waals surface area (Å²) in [6.45, 7) is 6.42. The Kier molecular flexibility index (Phi) is 4.85. The van der Waals surface area contributed by atoms with Crippen LogP contribution < -0.4 is 10.3 Å². The lowest BCUT2D eigenvalue weighted by atomic mass is 10.0. The molecular weight excluding hydrogens is 320 g/mol. The highest BCUT2D eigenvalue weighted by atomic mass is 16.5. The van der Waals surface area contributed by atoms with Gasteiger partial charge in [0, 0.05) is 11.8 Å². The largest absolute Gasteiger partial charge is 0.491 e. The second-order valence-corrected chi connectivity index (χ2v) is 6.36. The van der Waals surface area contributed by atoms with Gasteiger partial charge in [0.15, 0.2) is 0 Å². The molecule has 0 saturated carbocycles. The summed E-state index contributed by atoms with van der Waals surface area (Å²) in [6, 6.07) is 9.30. The van der Waals surface area contributed by atoms with E-state index in [1.807, 2.05) is 24.3 Å². The molecule has 3 aromatic rings. The molecule has 1 atom stereocenters. The van der Waals surface area contributed by atoms with E-state index in [9.17, 15) is 9.90 Å². The van der Waals surface area contributed by atoms with Crippen molar-refractivity contribution >= 4 is 5.78 Å². The molecule has 0 bridgehead atoms. The molecule has 3 rings (SSSR count). The zero-order valence-electron chi connectivity index (χ0n) is 14.6. The van der Waals surface area contributed by atoms with E-state index in [4.69, 9.17) is 4.74 Å². The maximum atomic E-state index is 11.9. The molecule has 2 aromatic heterocycles. The molecule has 132 valence electrons. The summed E-state index contributed by atoms with van der Waals surface area (Å²) in [5, 5.41) is 14.3. The first-order valence-electron chi connectivity index (χ1n) is 8.27. The second kappa shape index (κ2) is 7.06. The fourth-order valence-electron chi connectivity index (χ4n) is 2.81. The van der Waals surface area contributed by atoms with Crippen molar-refractivity contribution in [3.63, 3.8) is 0 Å². The third-order valence-electron chi connectivity index (χ3n) is 4.10. The summed E-state index contributed by atoms with van der Waals surface area (Å²) < 4.78 is 8.80. The summed E-state index contributed by atoms with van der Waals surface area (Å²) in [4.78, 5) is 16.0. The average molecular weight is 342 g/mol. The van der Waals surface area contributed by atoms with Crippen molar-refractivity contribution in [3.8, 4) is 5.75 Å². The number of ether oxygens (including phenoxy) is 1. The molecule has 0 saturated heterocycles. The molecule has 0 aliphatic heterocycles. The zero-order valence-corrected chi connectivity index (χ0v) is 14.6. The molecule has 7 heteroatoms. The Bertz CT molecular complexity index is 929. The van der Waals surface area contributed by atoms with E-state index in [0.29, 0.717) is 17.4 Å². The fraction of sp³-hybridized carbons (Fsp3) is 0.389. The lowest BCUT2D eigenvalue weighted by Crippen LogP contribution is -2.28. The Hall–Kier alpha value is -2.67. The number of para-hydroxylation sites is 1. The molecule has 25 heavy (non-hydrogen) atoms. The molecule has 7 nitrogen and oxygen atoms in total. The van der Waals surface area contributed by atoms with Crippen LogP contribution in [0.25, 0.3) is 5.78 Å². The number of aryl methyl sites for hydroxylation is 1. The monoisotopic (exact) mass is 342 g/mol. The van der Waals surface area contributed by atoms with Crippen molar-refractivity contribution < 1.29 is 9.84 Å². The van der Waals surface area contributed by atoms with Crippen LogP contribution in [0, 0.1) is 6.92 Å². The van der Waals surface area contributed by atoms with Crippen LogP contribution >= 0.6 is 0 Å². The van der Waals surface area contributed by atoms with E-state index in [2.05, 4.69) is 23.9 Å². The zero-order chi connectivity index (χ0) is 18.0. The van der Waals surface area contributed by atoms with Gasteiger partial charge in [0.25, 0.3) is 5.56 Å². The van der Waals surface area contributed by atoms with E-state index >= 15 is 0 Å². The molecule has 0 spiro atoms. The van der Waals surface area contributed by atoms with Gasteiger partial charge in [-0.05, 0) is 24.5 Å². The average Bonchev–Trinajstić information content (AvgIpc) is 3.07. The van der Waals surface area contributed by atoms with Crippen molar-refractivity contribution in [3.05, 3.63) is 58.3 Å². The quantitative estimate of drug-likeness (QED) is 0.738. The van der Waals surface area contributed by atoms with Gasteiger partial charge in [-0.15, -0.1) is 0 Å². The Balaban J connectivity index is 1.75. The summed E-state index contributed by atoms with van der Waals surface area (Å²) in [7, 11) is 0. The fourth-order valence-corrected chi connectivity index (χ4v) is 2.81. The van der Waals surface area contributed by atoms with Crippen LogP contribution in [0.2, 0.25) is 0 Å². The van der Waals surface area contributed by atoms with Gasteiger partial charge in [-0.25, -0.2) is 0 Å². The van der Waals surface area contributed by atoms with Gasteiger partial charge in [-0.1, -0.05) is 32.0 Å². The van der Waals surface area contributed by atoms with E-state index in [0.717, 1.165) is 11.3 Å². The first kappa shape index (κ1) is 17.2. The maximum absolute atomic E-state index is 11.9. The molecule has 0 radical (unpaired) electrons. The summed E-state index contributed by atoms with van der Waals surface area (Å²) in [5.74, 6) is 1.53. The van der Waals surface area contributed by atoms with Crippen LogP contribution in [0.3, 0.4) is 0 Å². The molecule has 2 heterocycles. The second-order valence-electron chi connectivity index (χ2n) is 6.36. The highest BCUT2D eigenvalue weighted by Crippen LogP contribution is 2.25. The third kappa shape index (κ3) is 3.56. The molecule has 1 aromatic carbocycles. The molecule has 0 amide bonds. The SMILES string of the molecule is Cc1cc(=O)n2ncnc2n1CC(O)COc1ccccc1C(C)C. The van der Waals surface area contributed by atoms with Crippen LogP contribution in [-0.2, 0) is 6.54 Å². The van der Waals surface area contributed by atoms with Crippen LogP contribution in [0.1, 0.15) is 31.0 Å². The van der Waals surface area contributed by atoms with Gasteiger partial charge >= 0.3 is 0 Å². The van der Waals surface area contributed by atoms with Gasteiger partial charge < -0.3 is 14.4 Å². The molecule has 1 unspecified atom stereocenters. The first-order chi connectivity index (χ1) is 12.0. The molecule has 0 aliphatic rings. The van der Waals surface area contributed by atoms with Gasteiger partial charge in [0.1, 0.15) is 24.8 Å². The number of aromatic nitrogens is 4. The van der Waals surface area contributed by atoms with Crippen molar-refractivity contribution in [2.75, 3.05) is 6.61 Å². The number of nitrogens with zero attached hydrogens (tertiary/aromatic N) is 4. The highest BCUT2D eigenvalue weighted by molar-refractivity contribution is 5.35. The molecule has 0 aliphatic carbocycles. The Labute approximate surface area is 145 Å². The number of benzene rings is 1. The molecule has 1 N–H and O–H groups in total. The van der Waals surface area contributed by atoms with Crippen LogP contribution in [-0.4, -0.2) is 37.0 Å². The normalized spacial score (nSPS) is 12.7. The van der Waals surface area contributed by atoms with Gasteiger partial charge in [-0.2, -0.15) is 14.6 Å². The highest BCUT2D eigenvalue weighted by Gasteiger charge is 2.14. The van der Waals surface area contributed by atoms with E-state index in [1.165, 1.54) is 16.9 Å². The van der Waals surface area contributed by atoms with E-state index in [1.54, 1.807) is 11.5 Å². The number of aliphatic hydroxyl groups excluding tert-OH is 1. The minimum Gasteiger partial charge on any atom is -0.491 e.